The molecule has 0 spiro atoms. The molecule has 29 heavy (non-hydrogen) atoms. The number of urea groups is 1. The number of benzene rings is 2. The van der Waals surface area contributed by atoms with Crippen molar-refractivity contribution in [2.75, 3.05) is 20.1 Å². The maximum Gasteiger partial charge on any atom is 0.325 e. The van der Waals surface area contributed by atoms with Crippen molar-refractivity contribution in [1.82, 2.24) is 20.9 Å². The van der Waals surface area contributed by atoms with Gasteiger partial charge >= 0.3 is 6.03 Å². The second-order valence-electron chi connectivity index (χ2n) is 6.71. The van der Waals surface area contributed by atoms with E-state index in [9.17, 15) is 19.2 Å². The maximum atomic E-state index is 13.4. The molecule has 1 heterocycles. The van der Waals surface area contributed by atoms with Crippen LogP contribution in [0.15, 0.2) is 60.7 Å². The third-order valence-corrected chi connectivity index (χ3v) is 4.78. The number of amides is 5. The molecule has 1 fully saturated rings. The van der Waals surface area contributed by atoms with E-state index in [1.807, 2.05) is 36.4 Å². The first-order valence-electron chi connectivity index (χ1n) is 9.17. The second-order valence-corrected chi connectivity index (χ2v) is 6.71. The van der Waals surface area contributed by atoms with Crippen molar-refractivity contribution in [2.24, 2.45) is 0 Å². The van der Waals surface area contributed by atoms with Crippen molar-refractivity contribution in [2.45, 2.75) is 12.0 Å². The quantitative estimate of drug-likeness (QED) is 0.596. The lowest BCUT2D eigenvalue weighted by Crippen LogP contribution is -2.47. The number of carbonyl (C=O) groups excluding carboxylic acids is 4. The number of nitrogens with zero attached hydrogens (tertiary/aromatic N) is 1. The molecule has 0 aliphatic carbocycles. The van der Waals surface area contributed by atoms with E-state index in [-0.39, 0.29) is 18.9 Å². The maximum absolute atomic E-state index is 13.4. The summed E-state index contributed by atoms with van der Waals surface area (Å²) in [4.78, 5) is 50.3. The average Bonchev–Trinajstić information content (AvgIpc) is 2.98. The van der Waals surface area contributed by atoms with E-state index in [1.165, 1.54) is 7.05 Å². The lowest BCUT2D eigenvalue weighted by atomic mass is 9.83. The summed E-state index contributed by atoms with van der Waals surface area (Å²) in [6, 6.07) is 17.7. The molecular weight excluding hydrogens is 372 g/mol. The fourth-order valence-electron chi connectivity index (χ4n) is 3.28. The highest BCUT2D eigenvalue weighted by Crippen LogP contribution is 2.32. The van der Waals surface area contributed by atoms with Crippen molar-refractivity contribution < 1.29 is 19.2 Å². The second kappa shape index (κ2) is 8.55. The monoisotopic (exact) mass is 394 g/mol. The van der Waals surface area contributed by atoms with Crippen LogP contribution in [0.4, 0.5) is 4.79 Å². The van der Waals surface area contributed by atoms with Gasteiger partial charge in [0, 0.05) is 13.5 Å². The van der Waals surface area contributed by atoms with Crippen LogP contribution < -0.4 is 16.0 Å². The van der Waals surface area contributed by atoms with Crippen molar-refractivity contribution in [3.8, 4) is 0 Å². The molecule has 1 saturated heterocycles. The molecule has 3 N–H and O–H groups in total. The molecule has 5 amide bonds. The van der Waals surface area contributed by atoms with Gasteiger partial charge in [0.15, 0.2) is 5.54 Å². The normalized spacial score (nSPS) is 18.3. The third-order valence-electron chi connectivity index (χ3n) is 4.78. The summed E-state index contributed by atoms with van der Waals surface area (Å²) in [5.41, 5.74) is 0.201. The summed E-state index contributed by atoms with van der Waals surface area (Å²) in [7, 11) is 1.45. The zero-order chi connectivity index (χ0) is 20.9. The van der Waals surface area contributed by atoms with Crippen molar-refractivity contribution in [3.63, 3.8) is 0 Å². The molecule has 0 unspecified atom stereocenters. The molecular formula is C21H22N4O4. The molecule has 3 rings (SSSR count). The van der Waals surface area contributed by atoms with E-state index in [1.54, 1.807) is 24.3 Å². The molecule has 8 heteroatoms. The van der Waals surface area contributed by atoms with Crippen LogP contribution in [0.5, 0.6) is 0 Å². The highest BCUT2D eigenvalue weighted by molar-refractivity contribution is 6.09. The Labute approximate surface area is 168 Å². The Morgan fingerprint density at radius 1 is 0.966 bits per heavy atom. The van der Waals surface area contributed by atoms with Gasteiger partial charge in [-0.2, -0.15) is 0 Å². The van der Waals surface area contributed by atoms with Gasteiger partial charge in [-0.3, -0.25) is 19.3 Å². The highest BCUT2D eigenvalue weighted by atomic mass is 16.2. The summed E-state index contributed by atoms with van der Waals surface area (Å²) in [5, 5.41) is 7.56. The topological polar surface area (TPSA) is 108 Å². The Bertz CT molecular complexity index is 917. The third kappa shape index (κ3) is 4.26. The first kappa shape index (κ1) is 20.1. The molecule has 150 valence electrons. The van der Waals surface area contributed by atoms with Crippen LogP contribution in [-0.2, 0) is 26.3 Å². The molecule has 0 radical (unpaired) electrons. The van der Waals surface area contributed by atoms with Crippen molar-refractivity contribution in [3.05, 3.63) is 71.8 Å². The Morgan fingerprint density at radius 3 is 2.21 bits per heavy atom. The van der Waals surface area contributed by atoms with Crippen LogP contribution in [0.1, 0.15) is 11.1 Å². The molecule has 1 atom stereocenters. The number of carbonyl (C=O) groups is 4. The summed E-state index contributed by atoms with van der Waals surface area (Å²) in [6.45, 7) is -0.697. The smallest absolute Gasteiger partial charge is 0.325 e. The van der Waals surface area contributed by atoms with E-state index in [2.05, 4.69) is 16.0 Å². The molecule has 2 aromatic carbocycles. The molecule has 0 saturated carbocycles. The Hall–Kier alpha value is -3.68. The fourth-order valence-corrected chi connectivity index (χ4v) is 3.28. The van der Waals surface area contributed by atoms with Crippen molar-refractivity contribution >= 4 is 23.8 Å². The lowest BCUT2D eigenvalue weighted by Gasteiger charge is -2.27. The summed E-state index contributed by atoms with van der Waals surface area (Å²) in [5.74, 6) is -1.48. The van der Waals surface area contributed by atoms with Crippen LogP contribution >= 0.6 is 0 Å². The molecule has 8 nitrogen and oxygen atoms in total. The minimum Gasteiger partial charge on any atom is -0.358 e. The number of rotatable bonds is 7. The van der Waals surface area contributed by atoms with Gasteiger partial charge in [-0.25, -0.2) is 4.79 Å². The molecule has 0 aromatic heterocycles. The fraction of sp³-hybridized carbons (Fsp3) is 0.238. The van der Waals surface area contributed by atoms with Crippen LogP contribution in [0, 0.1) is 0 Å². The van der Waals surface area contributed by atoms with Crippen LogP contribution in [0.25, 0.3) is 0 Å². The van der Waals surface area contributed by atoms with Crippen LogP contribution in [0.3, 0.4) is 0 Å². The van der Waals surface area contributed by atoms with Gasteiger partial charge in [0.25, 0.3) is 5.91 Å². The molecule has 0 bridgehead atoms. The summed E-state index contributed by atoms with van der Waals surface area (Å²) in [6.07, 6.45) is 0.249. The number of imide groups is 1. The molecule has 2 aromatic rings. The van der Waals surface area contributed by atoms with E-state index in [0.29, 0.717) is 5.56 Å². The van der Waals surface area contributed by atoms with E-state index in [4.69, 9.17) is 0 Å². The van der Waals surface area contributed by atoms with Gasteiger partial charge in [0.1, 0.15) is 6.54 Å². The first-order chi connectivity index (χ1) is 14.0. The van der Waals surface area contributed by atoms with Gasteiger partial charge in [0.2, 0.25) is 11.8 Å². The van der Waals surface area contributed by atoms with Gasteiger partial charge in [-0.05, 0) is 11.1 Å². The summed E-state index contributed by atoms with van der Waals surface area (Å²) < 4.78 is 0. The van der Waals surface area contributed by atoms with E-state index >= 15 is 0 Å². The minimum absolute atomic E-state index is 0.229. The first-order valence-corrected chi connectivity index (χ1v) is 9.17. The Balaban J connectivity index is 1.86. The number of hydrogen-bond donors (Lipinski definition) is 3. The number of likely N-dealkylation sites (N-methyl/N-ethyl adjacent to an activating group) is 1. The van der Waals surface area contributed by atoms with E-state index < -0.39 is 29.9 Å². The molecule has 1 aliphatic heterocycles. The van der Waals surface area contributed by atoms with Crippen LogP contribution in [-0.4, -0.2) is 48.8 Å². The van der Waals surface area contributed by atoms with Gasteiger partial charge < -0.3 is 16.0 Å². The summed E-state index contributed by atoms with van der Waals surface area (Å²) >= 11 is 0. The average molecular weight is 394 g/mol. The predicted molar refractivity (Wildman–Crippen MR) is 106 cm³/mol. The highest BCUT2D eigenvalue weighted by Gasteiger charge is 2.52. The van der Waals surface area contributed by atoms with Gasteiger partial charge in [-0.15, -0.1) is 0 Å². The number of nitrogens with one attached hydrogen (secondary N) is 3. The Morgan fingerprint density at radius 2 is 1.59 bits per heavy atom. The lowest BCUT2D eigenvalue weighted by molar-refractivity contribution is -0.135. The number of hydrogen-bond acceptors (Lipinski definition) is 4. The van der Waals surface area contributed by atoms with Gasteiger partial charge in [-0.1, -0.05) is 60.7 Å². The van der Waals surface area contributed by atoms with E-state index in [0.717, 1.165) is 10.5 Å². The van der Waals surface area contributed by atoms with Gasteiger partial charge in [0.05, 0.1) is 6.54 Å². The van der Waals surface area contributed by atoms with Crippen molar-refractivity contribution in [1.29, 1.82) is 0 Å². The standard InChI is InChI=1S/C21H22N4O4/c1-22-17(26)13-23-18(27)14-25-19(28)21(24-20(25)29,16-10-6-3-7-11-16)12-15-8-4-2-5-9-15/h2-11H,12-14H2,1H3,(H,22,26)(H,23,27)(H,24,29)/t21-/m0/s1. The molecule has 1 aliphatic rings. The van der Waals surface area contributed by atoms with Crippen LogP contribution in [0.2, 0.25) is 0 Å². The predicted octanol–water partition coefficient (Wildman–Crippen LogP) is 0.539. The zero-order valence-corrected chi connectivity index (χ0v) is 16.0. The zero-order valence-electron chi connectivity index (χ0n) is 16.0. The Kier molecular flexibility index (Phi) is 5.92. The minimum atomic E-state index is -1.30. The SMILES string of the molecule is CNC(=O)CNC(=O)CN1C(=O)N[C@@](Cc2ccccc2)(c2ccccc2)C1=O. The largest absolute Gasteiger partial charge is 0.358 e.